The summed E-state index contributed by atoms with van der Waals surface area (Å²) >= 11 is 0. The van der Waals surface area contributed by atoms with Crippen LogP contribution in [0, 0.1) is 20.8 Å². The minimum absolute atomic E-state index is 0.0237. The largest absolute Gasteiger partial charge is 0.301 e. The summed E-state index contributed by atoms with van der Waals surface area (Å²) in [5, 5.41) is 0. The summed E-state index contributed by atoms with van der Waals surface area (Å²) in [6.07, 6.45) is 0. The second-order valence-corrected chi connectivity index (χ2v) is 8.97. The molecule has 3 aromatic rings. The highest BCUT2D eigenvalue weighted by Gasteiger charge is 2.42. The van der Waals surface area contributed by atoms with Crippen LogP contribution >= 0.6 is 0 Å². The van der Waals surface area contributed by atoms with Crippen molar-refractivity contribution >= 4 is 23.2 Å². The van der Waals surface area contributed by atoms with Gasteiger partial charge in [-0.05, 0) is 67.1 Å². The summed E-state index contributed by atoms with van der Waals surface area (Å²) in [7, 11) is 0. The average molecular weight is 427 g/mol. The number of piperazine rings is 1. The molecule has 1 unspecified atom stereocenters. The van der Waals surface area contributed by atoms with Gasteiger partial charge in [-0.2, -0.15) is 0 Å². The fraction of sp³-hybridized carbons (Fsp3) is 0.286. The highest BCUT2D eigenvalue weighted by molar-refractivity contribution is 6.14. The van der Waals surface area contributed by atoms with Crippen LogP contribution in [0.5, 0.6) is 0 Å². The Bertz CT molecular complexity index is 1150. The lowest BCUT2D eigenvalue weighted by Gasteiger charge is -2.41. The number of anilines is 2. The molecule has 32 heavy (non-hydrogen) atoms. The Balaban J connectivity index is 1.83. The molecule has 1 aliphatic heterocycles. The Morgan fingerprint density at radius 3 is 2.12 bits per heavy atom. The number of hydrogen-bond donors (Lipinski definition) is 0. The number of nitrogens with zero attached hydrogens (tertiary/aromatic N) is 2. The van der Waals surface area contributed by atoms with E-state index in [0.717, 1.165) is 33.6 Å². The summed E-state index contributed by atoms with van der Waals surface area (Å²) in [6, 6.07) is 21.1. The molecular formula is C28H30N2O2. The zero-order valence-corrected chi connectivity index (χ0v) is 19.4. The Labute approximate surface area is 190 Å². The van der Waals surface area contributed by atoms with Gasteiger partial charge in [0.25, 0.3) is 5.91 Å². The number of aryl methyl sites for hydroxylation is 2. The van der Waals surface area contributed by atoms with E-state index in [-0.39, 0.29) is 18.4 Å². The van der Waals surface area contributed by atoms with Crippen LogP contribution in [-0.2, 0) is 9.59 Å². The lowest BCUT2D eigenvalue weighted by atomic mass is 9.94. The predicted octanol–water partition coefficient (Wildman–Crippen LogP) is 5.86. The molecule has 1 saturated heterocycles. The molecule has 0 aromatic heterocycles. The van der Waals surface area contributed by atoms with E-state index in [0.29, 0.717) is 5.92 Å². The van der Waals surface area contributed by atoms with E-state index < -0.39 is 6.04 Å². The number of carbonyl (C=O) groups is 2. The third-order valence-corrected chi connectivity index (χ3v) is 6.42. The quantitative estimate of drug-likeness (QED) is 0.524. The Kier molecular flexibility index (Phi) is 5.88. The normalized spacial score (nSPS) is 16.8. The van der Waals surface area contributed by atoms with Crippen LogP contribution in [0.25, 0.3) is 0 Å². The molecular weight excluding hydrogens is 396 g/mol. The molecule has 3 aromatic carbocycles. The SMILES string of the molecule is Cc1ccc(N2CC(=O)N(c3cccc(C)c3C)C(c3ccc(C(C)C)cc3)C2=O)cc1. The van der Waals surface area contributed by atoms with Crippen LogP contribution in [0.2, 0.25) is 0 Å². The first kappa shape index (κ1) is 21.8. The molecule has 1 fully saturated rings. The standard InChI is InChI=1S/C28H30N2O2/c1-18(2)22-11-13-23(14-12-22)27-28(32)29(24-15-9-19(3)10-16-24)17-26(31)30(27)25-8-6-7-20(4)21(25)5/h6-16,18,27H,17H2,1-5H3. The molecule has 0 saturated carbocycles. The number of hydrogen-bond acceptors (Lipinski definition) is 2. The van der Waals surface area contributed by atoms with E-state index >= 15 is 0 Å². The summed E-state index contributed by atoms with van der Waals surface area (Å²) in [6.45, 7) is 10.4. The Morgan fingerprint density at radius 2 is 1.50 bits per heavy atom. The molecule has 0 N–H and O–H groups in total. The van der Waals surface area contributed by atoms with Crippen molar-refractivity contribution in [2.24, 2.45) is 0 Å². The molecule has 0 spiro atoms. The summed E-state index contributed by atoms with van der Waals surface area (Å²) in [5.74, 6) is 0.218. The maximum atomic E-state index is 13.9. The van der Waals surface area contributed by atoms with Crippen LogP contribution in [0.4, 0.5) is 11.4 Å². The van der Waals surface area contributed by atoms with Crippen molar-refractivity contribution in [2.45, 2.75) is 46.6 Å². The fourth-order valence-corrected chi connectivity index (χ4v) is 4.26. The van der Waals surface area contributed by atoms with E-state index in [1.165, 1.54) is 5.56 Å². The van der Waals surface area contributed by atoms with E-state index in [1.807, 2.05) is 75.4 Å². The Morgan fingerprint density at radius 1 is 0.844 bits per heavy atom. The topological polar surface area (TPSA) is 40.6 Å². The van der Waals surface area contributed by atoms with Crippen LogP contribution in [0.3, 0.4) is 0 Å². The molecule has 2 amide bonds. The maximum absolute atomic E-state index is 13.9. The summed E-state index contributed by atoms with van der Waals surface area (Å²) in [4.78, 5) is 30.7. The van der Waals surface area contributed by atoms with Gasteiger partial charge in [0, 0.05) is 11.4 Å². The van der Waals surface area contributed by atoms with Gasteiger partial charge < -0.3 is 4.90 Å². The number of benzene rings is 3. The molecule has 1 atom stereocenters. The van der Waals surface area contributed by atoms with E-state index in [4.69, 9.17) is 0 Å². The molecule has 1 aliphatic rings. The van der Waals surface area contributed by atoms with Crippen molar-refractivity contribution in [3.8, 4) is 0 Å². The summed E-state index contributed by atoms with van der Waals surface area (Å²) in [5.41, 5.74) is 6.80. The van der Waals surface area contributed by atoms with E-state index in [9.17, 15) is 9.59 Å². The third kappa shape index (κ3) is 3.93. The lowest BCUT2D eigenvalue weighted by Crippen LogP contribution is -2.56. The van der Waals surface area contributed by atoms with Crippen LogP contribution in [-0.4, -0.2) is 18.4 Å². The second-order valence-electron chi connectivity index (χ2n) is 8.97. The first-order chi connectivity index (χ1) is 15.3. The highest BCUT2D eigenvalue weighted by Crippen LogP contribution is 2.37. The van der Waals surface area contributed by atoms with Gasteiger partial charge in [0.05, 0.1) is 0 Å². The average Bonchev–Trinajstić information content (AvgIpc) is 2.78. The van der Waals surface area contributed by atoms with E-state index in [1.54, 1.807) is 9.80 Å². The van der Waals surface area contributed by atoms with Gasteiger partial charge in [0.2, 0.25) is 5.91 Å². The zero-order valence-electron chi connectivity index (χ0n) is 19.4. The monoisotopic (exact) mass is 426 g/mol. The van der Waals surface area contributed by atoms with Crippen molar-refractivity contribution < 1.29 is 9.59 Å². The van der Waals surface area contributed by atoms with Crippen molar-refractivity contribution in [3.05, 3.63) is 94.5 Å². The van der Waals surface area contributed by atoms with Gasteiger partial charge in [0.15, 0.2) is 0 Å². The van der Waals surface area contributed by atoms with Crippen molar-refractivity contribution in [2.75, 3.05) is 16.3 Å². The lowest BCUT2D eigenvalue weighted by molar-refractivity contribution is -0.128. The van der Waals surface area contributed by atoms with Crippen LogP contribution in [0.15, 0.2) is 66.7 Å². The molecule has 4 nitrogen and oxygen atoms in total. The molecule has 0 aliphatic carbocycles. The molecule has 1 heterocycles. The smallest absolute Gasteiger partial charge is 0.255 e. The minimum Gasteiger partial charge on any atom is -0.301 e. The molecule has 164 valence electrons. The van der Waals surface area contributed by atoms with Gasteiger partial charge >= 0.3 is 0 Å². The van der Waals surface area contributed by atoms with Gasteiger partial charge in [0.1, 0.15) is 12.6 Å². The summed E-state index contributed by atoms with van der Waals surface area (Å²) < 4.78 is 0. The molecule has 0 radical (unpaired) electrons. The molecule has 4 rings (SSSR count). The zero-order chi connectivity index (χ0) is 23.0. The van der Waals surface area contributed by atoms with Crippen molar-refractivity contribution in [3.63, 3.8) is 0 Å². The first-order valence-electron chi connectivity index (χ1n) is 11.1. The van der Waals surface area contributed by atoms with Crippen LogP contribution in [0.1, 0.15) is 53.6 Å². The number of amides is 2. The third-order valence-electron chi connectivity index (χ3n) is 6.42. The molecule has 0 bridgehead atoms. The number of rotatable bonds is 4. The maximum Gasteiger partial charge on any atom is 0.255 e. The van der Waals surface area contributed by atoms with Gasteiger partial charge in [-0.15, -0.1) is 0 Å². The van der Waals surface area contributed by atoms with Crippen molar-refractivity contribution in [1.29, 1.82) is 0 Å². The highest BCUT2D eigenvalue weighted by atomic mass is 16.2. The number of carbonyl (C=O) groups excluding carboxylic acids is 2. The van der Waals surface area contributed by atoms with Crippen LogP contribution < -0.4 is 9.80 Å². The molecule has 4 heteroatoms. The van der Waals surface area contributed by atoms with Gasteiger partial charge in [-0.25, -0.2) is 0 Å². The first-order valence-corrected chi connectivity index (χ1v) is 11.1. The fourth-order valence-electron chi connectivity index (χ4n) is 4.26. The van der Waals surface area contributed by atoms with E-state index in [2.05, 4.69) is 26.0 Å². The minimum atomic E-state index is -0.709. The van der Waals surface area contributed by atoms with Gasteiger partial charge in [-0.1, -0.05) is 67.9 Å². The van der Waals surface area contributed by atoms with Gasteiger partial charge in [-0.3, -0.25) is 14.5 Å². The predicted molar refractivity (Wildman–Crippen MR) is 130 cm³/mol. The Hall–Kier alpha value is -3.40. The second kappa shape index (κ2) is 8.62. The van der Waals surface area contributed by atoms with Crippen molar-refractivity contribution in [1.82, 2.24) is 0 Å².